The number of piperazine rings is 1. The van der Waals surface area contributed by atoms with Crippen LogP contribution in [0.2, 0.25) is 5.02 Å². The SMILES string of the molecule is [C-]#[N+]c1ccc(N2CC3(CCN(c4ccc(N5CCN(CC6CCN(c7ccc8c(c7)C(=O)N(C7CCC(=O)NC7=O)C8=O)CC6)CC5)nc4)CC3)C[C@@H]2C)cc1Cl. The van der Waals surface area contributed by atoms with Crippen LogP contribution < -0.4 is 24.9 Å². The minimum atomic E-state index is -0.957. The van der Waals surface area contributed by atoms with E-state index < -0.39 is 23.8 Å². The molecule has 7 heterocycles. The molecular formula is C44H50ClN9O4. The molecule has 1 N–H and O–H groups in total. The number of rotatable bonds is 7. The average molecular weight is 804 g/mol. The molecule has 9 rings (SSSR count). The number of nitrogens with zero attached hydrogens (tertiary/aromatic N) is 8. The Labute approximate surface area is 344 Å². The van der Waals surface area contributed by atoms with Gasteiger partial charge >= 0.3 is 0 Å². The molecule has 5 fully saturated rings. The second-order valence-corrected chi connectivity index (χ2v) is 17.6. The summed E-state index contributed by atoms with van der Waals surface area (Å²) >= 11 is 6.40. The molecule has 1 aromatic heterocycles. The lowest BCUT2D eigenvalue weighted by Gasteiger charge is -2.41. The van der Waals surface area contributed by atoms with E-state index in [-0.39, 0.29) is 18.7 Å². The van der Waals surface area contributed by atoms with Gasteiger partial charge in [-0.2, -0.15) is 0 Å². The molecular weight excluding hydrogens is 754 g/mol. The van der Waals surface area contributed by atoms with Crippen LogP contribution >= 0.6 is 11.6 Å². The number of halogens is 1. The Morgan fingerprint density at radius 1 is 0.810 bits per heavy atom. The maximum Gasteiger partial charge on any atom is 0.262 e. The maximum absolute atomic E-state index is 13.3. The van der Waals surface area contributed by atoms with Crippen LogP contribution in [0.1, 0.15) is 72.6 Å². The van der Waals surface area contributed by atoms with Gasteiger partial charge in [-0.25, -0.2) is 9.83 Å². The van der Waals surface area contributed by atoms with Gasteiger partial charge < -0.3 is 19.6 Å². The topological polar surface area (TPSA) is 117 Å². The molecule has 2 atom stereocenters. The minimum Gasteiger partial charge on any atom is -0.371 e. The third-order valence-corrected chi connectivity index (χ3v) is 14.0. The standard InChI is InChI=1S/C44H50ClN9O4/c1-29-25-44(28-53(29)32-4-7-37(46-2)36(45)24-32)13-17-51(18-14-44)33-5-9-39(47-26-33)52-21-19-49(20-22-52)27-30-11-15-50(16-12-30)31-3-6-34-35(23-31)43(58)54(42(34)57)38-8-10-40(55)48-41(38)56/h3-7,9,23-24,26,29-30,38H,8,10-22,25,27-28H2,1H3,(H,48,55,56)/t29-,38?/m0/s1. The molecule has 1 unspecified atom stereocenters. The smallest absolute Gasteiger partial charge is 0.262 e. The van der Waals surface area contributed by atoms with Crippen LogP contribution in [0.25, 0.3) is 4.85 Å². The van der Waals surface area contributed by atoms with Crippen molar-refractivity contribution in [2.45, 2.75) is 64.0 Å². The molecule has 5 saturated heterocycles. The molecule has 58 heavy (non-hydrogen) atoms. The monoisotopic (exact) mass is 803 g/mol. The minimum absolute atomic E-state index is 0.104. The van der Waals surface area contributed by atoms with Crippen molar-refractivity contribution in [1.29, 1.82) is 0 Å². The van der Waals surface area contributed by atoms with Crippen molar-refractivity contribution < 1.29 is 19.2 Å². The van der Waals surface area contributed by atoms with Crippen molar-refractivity contribution in [2.75, 3.05) is 85.0 Å². The van der Waals surface area contributed by atoms with Crippen molar-refractivity contribution in [1.82, 2.24) is 20.1 Å². The first-order chi connectivity index (χ1) is 28.1. The number of aromatic nitrogens is 1. The van der Waals surface area contributed by atoms with Gasteiger partial charge in [0.05, 0.1) is 29.6 Å². The van der Waals surface area contributed by atoms with Crippen LogP contribution in [0, 0.1) is 17.9 Å². The van der Waals surface area contributed by atoms with Crippen LogP contribution in [0.5, 0.6) is 0 Å². The Bertz CT molecular complexity index is 2150. The van der Waals surface area contributed by atoms with Gasteiger partial charge in [-0.3, -0.25) is 34.3 Å². The highest BCUT2D eigenvalue weighted by Gasteiger charge is 2.46. The molecule has 4 amide bonds. The van der Waals surface area contributed by atoms with E-state index in [1.54, 1.807) is 12.1 Å². The number of carbonyl (C=O) groups is 4. The quantitative estimate of drug-likeness (QED) is 0.239. The van der Waals surface area contributed by atoms with Crippen LogP contribution in [0.15, 0.2) is 54.7 Å². The van der Waals surface area contributed by atoms with E-state index in [9.17, 15) is 19.2 Å². The molecule has 6 aliphatic rings. The van der Waals surface area contributed by atoms with Gasteiger partial charge in [-0.05, 0) is 99.2 Å². The summed E-state index contributed by atoms with van der Waals surface area (Å²) in [7, 11) is 0. The summed E-state index contributed by atoms with van der Waals surface area (Å²) in [4.78, 5) is 72.3. The van der Waals surface area contributed by atoms with Crippen molar-refractivity contribution in [3.05, 3.63) is 82.3 Å². The zero-order chi connectivity index (χ0) is 40.1. The first-order valence-electron chi connectivity index (χ1n) is 20.8. The lowest BCUT2D eigenvalue weighted by atomic mass is 9.76. The van der Waals surface area contributed by atoms with E-state index in [0.29, 0.717) is 39.2 Å². The van der Waals surface area contributed by atoms with E-state index in [4.69, 9.17) is 23.2 Å². The van der Waals surface area contributed by atoms with E-state index in [0.717, 1.165) is 113 Å². The summed E-state index contributed by atoms with van der Waals surface area (Å²) in [5.74, 6) is -0.273. The predicted octanol–water partition coefficient (Wildman–Crippen LogP) is 5.61. The highest BCUT2D eigenvalue weighted by molar-refractivity contribution is 6.33. The number of hydrogen-bond donors (Lipinski definition) is 1. The molecule has 302 valence electrons. The van der Waals surface area contributed by atoms with Crippen LogP contribution in [0.4, 0.5) is 28.6 Å². The van der Waals surface area contributed by atoms with Gasteiger partial charge in [-0.15, -0.1) is 0 Å². The average Bonchev–Trinajstić information content (AvgIpc) is 3.69. The first-order valence-corrected chi connectivity index (χ1v) is 21.2. The Morgan fingerprint density at radius 2 is 1.52 bits per heavy atom. The predicted molar refractivity (Wildman–Crippen MR) is 224 cm³/mol. The highest BCUT2D eigenvalue weighted by atomic mass is 35.5. The van der Waals surface area contributed by atoms with Crippen LogP contribution in [-0.4, -0.2) is 116 Å². The summed E-state index contributed by atoms with van der Waals surface area (Å²) < 4.78 is 0. The fourth-order valence-corrected chi connectivity index (χ4v) is 10.6. The Balaban J connectivity index is 0.721. The molecule has 0 bridgehead atoms. The molecule has 0 aliphatic carbocycles. The van der Waals surface area contributed by atoms with Crippen molar-refractivity contribution in [3.63, 3.8) is 0 Å². The molecule has 0 saturated carbocycles. The molecule has 2 aromatic carbocycles. The summed E-state index contributed by atoms with van der Waals surface area (Å²) in [5.41, 5.74) is 4.68. The molecule has 13 nitrogen and oxygen atoms in total. The summed E-state index contributed by atoms with van der Waals surface area (Å²) in [5, 5.41) is 2.79. The fourth-order valence-electron chi connectivity index (χ4n) is 10.3. The Kier molecular flexibility index (Phi) is 10.3. The molecule has 14 heteroatoms. The van der Waals surface area contributed by atoms with Gasteiger partial charge in [0.25, 0.3) is 11.8 Å². The lowest BCUT2D eigenvalue weighted by Crippen LogP contribution is -2.54. The number of pyridine rings is 1. The highest BCUT2D eigenvalue weighted by Crippen LogP contribution is 2.46. The van der Waals surface area contributed by atoms with Gasteiger partial charge in [0.15, 0.2) is 0 Å². The van der Waals surface area contributed by atoms with Crippen LogP contribution in [-0.2, 0) is 9.59 Å². The molecule has 0 radical (unpaired) electrons. The van der Waals surface area contributed by atoms with E-state index >= 15 is 0 Å². The van der Waals surface area contributed by atoms with Gasteiger partial charge in [0.2, 0.25) is 17.5 Å². The lowest BCUT2D eigenvalue weighted by molar-refractivity contribution is -0.136. The number of amides is 4. The van der Waals surface area contributed by atoms with Gasteiger partial charge in [0, 0.05) is 94.3 Å². The number of imide groups is 2. The van der Waals surface area contributed by atoms with Crippen LogP contribution in [0.3, 0.4) is 0 Å². The fraction of sp³-hybridized carbons (Fsp3) is 0.500. The normalized spacial score (nSPS) is 24.1. The van der Waals surface area contributed by atoms with E-state index in [1.165, 1.54) is 12.1 Å². The summed E-state index contributed by atoms with van der Waals surface area (Å²) in [6, 6.07) is 15.2. The number of anilines is 4. The maximum atomic E-state index is 13.3. The number of nitrogens with one attached hydrogen (secondary N) is 1. The number of fused-ring (bicyclic) bond motifs is 1. The first kappa shape index (κ1) is 38.3. The second-order valence-electron chi connectivity index (χ2n) is 17.2. The molecule has 1 spiro atoms. The number of piperidine rings is 3. The third kappa shape index (κ3) is 7.26. The molecule has 6 aliphatic heterocycles. The van der Waals surface area contributed by atoms with E-state index in [2.05, 4.69) is 59.9 Å². The zero-order valence-corrected chi connectivity index (χ0v) is 33.8. The van der Waals surface area contributed by atoms with Gasteiger partial charge in [-0.1, -0.05) is 17.7 Å². The largest absolute Gasteiger partial charge is 0.371 e. The van der Waals surface area contributed by atoms with Gasteiger partial charge in [0.1, 0.15) is 11.9 Å². The zero-order valence-electron chi connectivity index (χ0n) is 33.0. The number of carbonyl (C=O) groups excluding carboxylic acids is 4. The summed E-state index contributed by atoms with van der Waals surface area (Å²) in [6.45, 7) is 19.4. The van der Waals surface area contributed by atoms with Crippen molar-refractivity contribution in [3.8, 4) is 0 Å². The number of hydrogen-bond acceptors (Lipinski definition) is 10. The van der Waals surface area contributed by atoms with Crippen molar-refractivity contribution >= 4 is 63.8 Å². The Morgan fingerprint density at radius 3 is 2.21 bits per heavy atom. The third-order valence-electron chi connectivity index (χ3n) is 13.7. The Hall–Kier alpha value is -5.19. The number of benzene rings is 2. The second kappa shape index (κ2) is 15.5. The van der Waals surface area contributed by atoms with Crippen molar-refractivity contribution in [2.24, 2.45) is 11.3 Å². The van der Waals surface area contributed by atoms with E-state index in [1.807, 2.05) is 24.3 Å². The summed E-state index contributed by atoms with van der Waals surface area (Å²) in [6.07, 6.45) is 7.88. The molecule has 3 aromatic rings.